The summed E-state index contributed by atoms with van der Waals surface area (Å²) in [6.07, 6.45) is 1.08. The van der Waals surface area contributed by atoms with Crippen LogP contribution in [0.4, 0.5) is 0 Å². The minimum atomic E-state index is 0.0621. The third-order valence-corrected chi connectivity index (χ3v) is 3.25. The summed E-state index contributed by atoms with van der Waals surface area (Å²) in [6, 6.07) is 0. The topological polar surface area (TPSA) is 29.5 Å². The SMILES string of the molecule is O=C(CCl)N1CC[C@@H]2COC[C@@H]2C1. The van der Waals surface area contributed by atoms with E-state index in [-0.39, 0.29) is 11.8 Å². The molecule has 0 aromatic heterocycles. The van der Waals surface area contributed by atoms with Crippen molar-refractivity contribution in [2.45, 2.75) is 6.42 Å². The molecule has 4 heteroatoms. The van der Waals surface area contributed by atoms with Crippen molar-refractivity contribution in [1.82, 2.24) is 4.90 Å². The normalized spacial score (nSPS) is 33.2. The molecule has 3 nitrogen and oxygen atoms in total. The molecular formula is C9H14ClNO2. The van der Waals surface area contributed by atoms with Gasteiger partial charge in [0.25, 0.3) is 0 Å². The molecular weight excluding hydrogens is 190 g/mol. The summed E-state index contributed by atoms with van der Waals surface area (Å²) in [4.78, 5) is 13.2. The van der Waals surface area contributed by atoms with E-state index in [1.165, 1.54) is 0 Å². The highest BCUT2D eigenvalue weighted by Crippen LogP contribution is 2.29. The van der Waals surface area contributed by atoms with Gasteiger partial charge in [0.1, 0.15) is 5.88 Å². The van der Waals surface area contributed by atoms with Crippen molar-refractivity contribution in [3.05, 3.63) is 0 Å². The van der Waals surface area contributed by atoms with Crippen LogP contribution in [0, 0.1) is 11.8 Å². The molecule has 2 saturated heterocycles. The molecule has 2 aliphatic rings. The zero-order valence-electron chi connectivity index (χ0n) is 7.54. The monoisotopic (exact) mass is 203 g/mol. The highest BCUT2D eigenvalue weighted by Gasteiger charge is 2.34. The van der Waals surface area contributed by atoms with Gasteiger partial charge in [-0.25, -0.2) is 0 Å². The third kappa shape index (κ3) is 1.81. The molecule has 74 valence electrons. The van der Waals surface area contributed by atoms with Gasteiger partial charge >= 0.3 is 0 Å². The molecule has 2 heterocycles. The minimum absolute atomic E-state index is 0.0621. The first-order valence-corrected chi connectivity index (χ1v) is 5.26. The molecule has 0 bridgehead atoms. The number of hydrogen-bond donors (Lipinski definition) is 0. The van der Waals surface area contributed by atoms with Crippen molar-refractivity contribution in [3.8, 4) is 0 Å². The van der Waals surface area contributed by atoms with Crippen LogP contribution in [0.2, 0.25) is 0 Å². The second kappa shape index (κ2) is 3.84. The zero-order chi connectivity index (χ0) is 9.26. The standard InChI is InChI=1S/C9H14ClNO2/c10-3-9(12)11-2-1-7-5-13-6-8(7)4-11/h7-8H,1-6H2/t7-,8+/m1/s1. The molecule has 0 radical (unpaired) electrons. The molecule has 0 N–H and O–H groups in total. The van der Waals surface area contributed by atoms with Crippen LogP contribution in [0.25, 0.3) is 0 Å². The molecule has 2 aliphatic heterocycles. The maximum Gasteiger partial charge on any atom is 0.237 e. The van der Waals surface area contributed by atoms with Crippen molar-refractivity contribution in [1.29, 1.82) is 0 Å². The molecule has 0 aliphatic carbocycles. The fraction of sp³-hybridized carbons (Fsp3) is 0.889. The lowest BCUT2D eigenvalue weighted by Gasteiger charge is -2.33. The van der Waals surface area contributed by atoms with Crippen LogP contribution >= 0.6 is 11.6 Å². The van der Waals surface area contributed by atoms with E-state index in [1.807, 2.05) is 4.90 Å². The molecule has 2 atom stereocenters. The van der Waals surface area contributed by atoms with Gasteiger partial charge in [0.2, 0.25) is 5.91 Å². The predicted molar refractivity (Wildman–Crippen MR) is 49.7 cm³/mol. The van der Waals surface area contributed by atoms with Crippen molar-refractivity contribution in [2.24, 2.45) is 11.8 Å². The van der Waals surface area contributed by atoms with Crippen LogP contribution < -0.4 is 0 Å². The smallest absolute Gasteiger partial charge is 0.237 e. The van der Waals surface area contributed by atoms with Gasteiger partial charge in [0.15, 0.2) is 0 Å². The number of amides is 1. The Bertz CT molecular complexity index is 210. The van der Waals surface area contributed by atoms with E-state index in [0.29, 0.717) is 11.8 Å². The number of likely N-dealkylation sites (tertiary alicyclic amines) is 1. The van der Waals surface area contributed by atoms with Crippen LogP contribution in [-0.2, 0) is 9.53 Å². The first-order chi connectivity index (χ1) is 6.31. The lowest BCUT2D eigenvalue weighted by atomic mass is 9.89. The van der Waals surface area contributed by atoms with Crippen molar-refractivity contribution in [3.63, 3.8) is 0 Å². The van der Waals surface area contributed by atoms with Crippen molar-refractivity contribution in [2.75, 3.05) is 32.2 Å². The number of carbonyl (C=O) groups excluding carboxylic acids is 1. The molecule has 0 aromatic rings. The van der Waals surface area contributed by atoms with E-state index in [1.54, 1.807) is 0 Å². The Labute approximate surface area is 83.0 Å². The Morgan fingerprint density at radius 3 is 3.00 bits per heavy atom. The summed E-state index contributed by atoms with van der Waals surface area (Å²) in [6.45, 7) is 3.40. The summed E-state index contributed by atoms with van der Waals surface area (Å²) < 4.78 is 5.38. The number of alkyl halides is 1. The van der Waals surface area contributed by atoms with Gasteiger partial charge < -0.3 is 9.64 Å². The molecule has 1 amide bonds. The van der Waals surface area contributed by atoms with Crippen LogP contribution in [0.15, 0.2) is 0 Å². The third-order valence-electron chi connectivity index (χ3n) is 3.02. The number of fused-ring (bicyclic) bond motifs is 1. The Kier molecular flexibility index (Phi) is 2.74. The minimum Gasteiger partial charge on any atom is -0.381 e. The van der Waals surface area contributed by atoms with Crippen LogP contribution in [-0.4, -0.2) is 43.0 Å². The molecule has 0 unspecified atom stereocenters. The van der Waals surface area contributed by atoms with Crippen molar-refractivity contribution >= 4 is 17.5 Å². The van der Waals surface area contributed by atoms with Gasteiger partial charge in [0, 0.05) is 25.6 Å². The maximum atomic E-state index is 11.3. The summed E-state index contributed by atoms with van der Waals surface area (Å²) in [5, 5.41) is 0. The Balaban J connectivity index is 1.93. The van der Waals surface area contributed by atoms with Gasteiger partial charge in [0.05, 0.1) is 6.61 Å². The average molecular weight is 204 g/mol. The molecule has 0 saturated carbocycles. The molecule has 2 rings (SSSR count). The number of halogens is 1. The molecule has 13 heavy (non-hydrogen) atoms. The quantitative estimate of drug-likeness (QED) is 0.588. The summed E-state index contributed by atoms with van der Waals surface area (Å²) in [5.74, 6) is 1.41. The Morgan fingerprint density at radius 2 is 2.23 bits per heavy atom. The Hall–Kier alpha value is -0.280. The number of rotatable bonds is 1. The largest absolute Gasteiger partial charge is 0.381 e. The summed E-state index contributed by atoms with van der Waals surface area (Å²) in [7, 11) is 0. The van der Waals surface area contributed by atoms with E-state index in [4.69, 9.17) is 16.3 Å². The first-order valence-electron chi connectivity index (χ1n) is 4.72. The van der Waals surface area contributed by atoms with Crippen LogP contribution in [0.3, 0.4) is 0 Å². The number of carbonyl (C=O) groups is 1. The first kappa shape index (κ1) is 9.28. The van der Waals surface area contributed by atoms with Gasteiger partial charge in [-0.2, -0.15) is 0 Å². The summed E-state index contributed by atoms with van der Waals surface area (Å²) >= 11 is 5.51. The fourth-order valence-electron chi connectivity index (χ4n) is 2.17. The molecule has 2 fully saturated rings. The van der Waals surface area contributed by atoms with E-state index < -0.39 is 0 Å². The van der Waals surface area contributed by atoms with Crippen LogP contribution in [0.1, 0.15) is 6.42 Å². The van der Waals surface area contributed by atoms with Crippen molar-refractivity contribution < 1.29 is 9.53 Å². The van der Waals surface area contributed by atoms with Gasteiger partial charge in [-0.15, -0.1) is 11.6 Å². The van der Waals surface area contributed by atoms with Crippen LogP contribution in [0.5, 0.6) is 0 Å². The summed E-state index contributed by atoms with van der Waals surface area (Å²) in [5.41, 5.74) is 0. The maximum absolute atomic E-state index is 11.3. The molecule has 0 spiro atoms. The van der Waals surface area contributed by atoms with Gasteiger partial charge in [-0.3, -0.25) is 4.79 Å². The average Bonchev–Trinajstić information content (AvgIpc) is 2.63. The van der Waals surface area contributed by atoms with E-state index in [9.17, 15) is 4.79 Å². The number of piperidine rings is 1. The zero-order valence-corrected chi connectivity index (χ0v) is 8.29. The van der Waals surface area contributed by atoms with E-state index >= 15 is 0 Å². The van der Waals surface area contributed by atoms with E-state index in [0.717, 1.165) is 32.7 Å². The number of hydrogen-bond acceptors (Lipinski definition) is 2. The lowest BCUT2D eigenvalue weighted by Crippen LogP contribution is -2.43. The second-order valence-corrected chi connectivity index (χ2v) is 4.09. The molecule has 0 aromatic carbocycles. The van der Waals surface area contributed by atoms with Gasteiger partial charge in [-0.1, -0.05) is 0 Å². The lowest BCUT2D eigenvalue weighted by molar-refractivity contribution is -0.130. The highest BCUT2D eigenvalue weighted by molar-refractivity contribution is 6.27. The Morgan fingerprint density at radius 1 is 1.46 bits per heavy atom. The highest BCUT2D eigenvalue weighted by atomic mass is 35.5. The van der Waals surface area contributed by atoms with E-state index in [2.05, 4.69) is 0 Å². The number of nitrogens with zero attached hydrogens (tertiary/aromatic N) is 1. The van der Waals surface area contributed by atoms with Gasteiger partial charge in [-0.05, 0) is 12.3 Å². The fourth-order valence-corrected chi connectivity index (χ4v) is 2.34. The number of ether oxygens (including phenoxy) is 1. The second-order valence-electron chi connectivity index (χ2n) is 3.82. The predicted octanol–water partition coefficient (Wildman–Crippen LogP) is 0.720.